The van der Waals surface area contributed by atoms with Crippen LogP contribution < -0.4 is 5.73 Å². The Labute approximate surface area is 111 Å². The summed E-state index contributed by atoms with van der Waals surface area (Å²) in [5, 5.41) is 1.94. The molecule has 2 rings (SSSR count). The Kier molecular flexibility index (Phi) is 3.45. The minimum atomic E-state index is 0.533. The summed E-state index contributed by atoms with van der Waals surface area (Å²) in [4.78, 5) is 4.55. The second kappa shape index (κ2) is 4.71. The molecule has 0 saturated heterocycles. The molecule has 0 aliphatic rings. The van der Waals surface area contributed by atoms with Crippen molar-refractivity contribution in [1.82, 2.24) is 4.98 Å². The largest absolute Gasteiger partial charge is 0.398 e. The number of fused-ring (bicyclic) bond motifs is 1. The van der Waals surface area contributed by atoms with E-state index < -0.39 is 0 Å². The zero-order valence-corrected chi connectivity index (χ0v) is 11.3. The van der Waals surface area contributed by atoms with Crippen LogP contribution in [0.4, 0.5) is 5.69 Å². The third-order valence-corrected chi connectivity index (χ3v) is 3.04. The normalized spacial score (nSPS) is 11.4. The lowest BCUT2D eigenvalue weighted by atomic mass is 10.1. The third-order valence-electron chi connectivity index (χ3n) is 2.53. The first-order valence-electron chi connectivity index (χ1n) is 5.51. The van der Waals surface area contributed by atoms with Crippen LogP contribution in [0.5, 0.6) is 0 Å². The summed E-state index contributed by atoms with van der Waals surface area (Å²) in [6.45, 7) is 4.29. The van der Waals surface area contributed by atoms with Crippen LogP contribution in [0.1, 0.15) is 19.5 Å². The first kappa shape index (κ1) is 12.5. The zero-order chi connectivity index (χ0) is 12.6. The molecule has 0 fully saturated rings. The highest BCUT2D eigenvalue weighted by molar-refractivity contribution is 6.38. The van der Waals surface area contributed by atoms with Gasteiger partial charge in [0.2, 0.25) is 0 Å². The molecular weight excluding hydrogens is 255 g/mol. The van der Waals surface area contributed by atoms with E-state index in [4.69, 9.17) is 28.9 Å². The fourth-order valence-corrected chi connectivity index (χ4v) is 2.39. The lowest BCUT2D eigenvalue weighted by molar-refractivity contribution is 0.637. The van der Waals surface area contributed by atoms with E-state index in [2.05, 4.69) is 18.8 Å². The summed E-state index contributed by atoms with van der Waals surface area (Å²) >= 11 is 12.1. The molecule has 1 aromatic heterocycles. The second-order valence-corrected chi connectivity index (χ2v) is 5.43. The highest BCUT2D eigenvalue weighted by Crippen LogP contribution is 2.30. The number of halogens is 2. The van der Waals surface area contributed by atoms with Gasteiger partial charge in [-0.25, -0.2) is 0 Å². The van der Waals surface area contributed by atoms with Gasteiger partial charge in [-0.3, -0.25) is 4.98 Å². The SMILES string of the molecule is CC(C)Cc1cc(N)c2cc(Cl)cc(Cl)c2n1. The van der Waals surface area contributed by atoms with Crippen LogP contribution in [0.2, 0.25) is 10.0 Å². The molecule has 90 valence electrons. The summed E-state index contributed by atoms with van der Waals surface area (Å²) in [6.07, 6.45) is 0.888. The number of hydrogen-bond donors (Lipinski definition) is 1. The Morgan fingerprint density at radius 1 is 1.24 bits per heavy atom. The number of aromatic nitrogens is 1. The molecule has 1 aromatic carbocycles. The molecule has 0 unspecified atom stereocenters. The number of nitrogens with two attached hydrogens (primary N) is 1. The van der Waals surface area contributed by atoms with E-state index in [1.54, 1.807) is 12.1 Å². The topological polar surface area (TPSA) is 38.9 Å². The molecule has 0 aliphatic heterocycles. The number of pyridine rings is 1. The fraction of sp³-hybridized carbons (Fsp3) is 0.308. The highest BCUT2D eigenvalue weighted by Gasteiger charge is 2.09. The van der Waals surface area contributed by atoms with Gasteiger partial charge in [0.1, 0.15) is 0 Å². The number of nitrogens with zero attached hydrogens (tertiary/aromatic N) is 1. The lowest BCUT2D eigenvalue weighted by Gasteiger charge is -2.09. The maximum atomic E-state index is 6.14. The van der Waals surface area contributed by atoms with Crippen molar-refractivity contribution in [2.24, 2.45) is 5.92 Å². The van der Waals surface area contributed by atoms with Gasteiger partial charge in [0.05, 0.1) is 10.5 Å². The van der Waals surface area contributed by atoms with Gasteiger partial charge in [-0.05, 0) is 30.5 Å². The minimum Gasteiger partial charge on any atom is -0.398 e. The molecule has 17 heavy (non-hydrogen) atoms. The van der Waals surface area contributed by atoms with Gasteiger partial charge in [-0.1, -0.05) is 37.0 Å². The zero-order valence-electron chi connectivity index (χ0n) is 9.80. The van der Waals surface area contributed by atoms with Gasteiger partial charge in [0, 0.05) is 21.8 Å². The van der Waals surface area contributed by atoms with Crippen LogP contribution in [-0.2, 0) is 6.42 Å². The van der Waals surface area contributed by atoms with E-state index in [9.17, 15) is 0 Å². The third kappa shape index (κ3) is 2.64. The Morgan fingerprint density at radius 2 is 1.94 bits per heavy atom. The molecule has 2 aromatic rings. The second-order valence-electron chi connectivity index (χ2n) is 4.58. The van der Waals surface area contributed by atoms with Crippen molar-refractivity contribution in [3.8, 4) is 0 Å². The number of nitrogen functional groups attached to an aromatic ring is 1. The summed E-state index contributed by atoms with van der Waals surface area (Å²) in [7, 11) is 0. The molecule has 0 bridgehead atoms. The van der Waals surface area contributed by atoms with Crippen LogP contribution in [-0.4, -0.2) is 4.98 Å². The first-order chi connectivity index (χ1) is 7.97. The lowest BCUT2D eigenvalue weighted by Crippen LogP contribution is -2.00. The van der Waals surface area contributed by atoms with Crippen molar-refractivity contribution in [3.63, 3.8) is 0 Å². The minimum absolute atomic E-state index is 0.533. The summed E-state index contributed by atoms with van der Waals surface area (Å²) in [5.41, 5.74) is 8.38. The van der Waals surface area contributed by atoms with Crippen LogP contribution in [0.25, 0.3) is 10.9 Å². The van der Waals surface area contributed by atoms with Gasteiger partial charge < -0.3 is 5.73 Å². The average Bonchev–Trinajstić information content (AvgIpc) is 2.19. The maximum absolute atomic E-state index is 6.14. The summed E-state index contributed by atoms with van der Waals surface area (Å²) in [6, 6.07) is 5.39. The van der Waals surface area contributed by atoms with Gasteiger partial charge in [-0.2, -0.15) is 0 Å². The van der Waals surface area contributed by atoms with E-state index in [0.717, 1.165) is 23.0 Å². The van der Waals surface area contributed by atoms with Crippen molar-refractivity contribution in [1.29, 1.82) is 0 Å². The van der Waals surface area contributed by atoms with E-state index in [1.807, 2.05) is 6.07 Å². The number of benzene rings is 1. The molecule has 4 heteroatoms. The summed E-state index contributed by atoms with van der Waals surface area (Å²) in [5.74, 6) is 0.533. The summed E-state index contributed by atoms with van der Waals surface area (Å²) < 4.78 is 0. The number of anilines is 1. The van der Waals surface area contributed by atoms with E-state index in [-0.39, 0.29) is 0 Å². The molecule has 2 N–H and O–H groups in total. The van der Waals surface area contributed by atoms with Crippen molar-refractivity contribution in [2.75, 3.05) is 5.73 Å². The molecule has 0 saturated carbocycles. The Hall–Kier alpha value is -0.990. The Morgan fingerprint density at radius 3 is 2.59 bits per heavy atom. The molecule has 0 atom stereocenters. The Bertz CT molecular complexity index is 565. The maximum Gasteiger partial charge on any atom is 0.0913 e. The molecule has 0 radical (unpaired) electrons. The first-order valence-corrected chi connectivity index (χ1v) is 6.27. The molecule has 1 heterocycles. The average molecular weight is 269 g/mol. The predicted molar refractivity (Wildman–Crippen MR) is 74.7 cm³/mol. The van der Waals surface area contributed by atoms with Gasteiger partial charge in [0.25, 0.3) is 0 Å². The van der Waals surface area contributed by atoms with Crippen LogP contribution in [0.15, 0.2) is 18.2 Å². The van der Waals surface area contributed by atoms with E-state index in [1.165, 1.54) is 0 Å². The van der Waals surface area contributed by atoms with E-state index in [0.29, 0.717) is 21.7 Å². The molecular formula is C13H14Cl2N2. The van der Waals surface area contributed by atoms with Crippen LogP contribution in [0.3, 0.4) is 0 Å². The van der Waals surface area contributed by atoms with Crippen LogP contribution >= 0.6 is 23.2 Å². The smallest absolute Gasteiger partial charge is 0.0913 e. The highest BCUT2D eigenvalue weighted by atomic mass is 35.5. The predicted octanol–water partition coefficient (Wildman–Crippen LogP) is 4.32. The van der Waals surface area contributed by atoms with Crippen molar-refractivity contribution >= 4 is 39.8 Å². The standard InChI is InChI=1S/C13H14Cl2N2/c1-7(2)3-9-6-12(16)10-4-8(14)5-11(15)13(10)17-9/h4-7H,3H2,1-2H3,(H2,16,17). The van der Waals surface area contributed by atoms with Gasteiger partial charge in [-0.15, -0.1) is 0 Å². The van der Waals surface area contributed by atoms with Crippen molar-refractivity contribution in [3.05, 3.63) is 33.9 Å². The Balaban J connectivity index is 2.64. The monoisotopic (exact) mass is 268 g/mol. The quantitative estimate of drug-likeness (QED) is 0.881. The van der Waals surface area contributed by atoms with Crippen molar-refractivity contribution < 1.29 is 0 Å². The number of hydrogen-bond acceptors (Lipinski definition) is 2. The molecule has 0 aliphatic carbocycles. The van der Waals surface area contributed by atoms with Gasteiger partial charge in [0.15, 0.2) is 0 Å². The molecule has 0 amide bonds. The van der Waals surface area contributed by atoms with Gasteiger partial charge >= 0.3 is 0 Å². The molecule has 0 spiro atoms. The fourth-order valence-electron chi connectivity index (χ4n) is 1.86. The van der Waals surface area contributed by atoms with E-state index >= 15 is 0 Å². The van der Waals surface area contributed by atoms with Crippen LogP contribution in [0, 0.1) is 5.92 Å². The number of rotatable bonds is 2. The molecule has 2 nitrogen and oxygen atoms in total. The van der Waals surface area contributed by atoms with Crippen molar-refractivity contribution in [2.45, 2.75) is 20.3 Å².